The van der Waals surface area contributed by atoms with Crippen LogP contribution in [0.3, 0.4) is 0 Å². The van der Waals surface area contributed by atoms with Gasteiger partial charge in [-0.15, -0.1) is 11.8 Å². The molecule has 14 heavy (non-hydrogen) atoms. The van der Waals surface area contributed by atoms with Gasteiger partial charge in [0.05, 0.1) is 4.16 Å². The van der Waals surface area contributed by atoms with Gasteiger partial charge in [0, 0.05) is 11.1 Å². The summed E-state index contributed by atoms with van der Waals surface area (Å²) in [5.74, 6) is 0. The zero-order valence-corrected chi connectivity index (χ0v) is 9.58. The molecule has 6 heteroatoms. The minimum absolute atomic E-state index is 0.154. The van der Waals surface area contributed by atoms with Crippen molar-refractivity contribution in [2.45, 2.75) is 22.2 Å². The Bertz CT molecular complexity index is 296. The molecule has 0 aliphatic carbocycles. The van der Waals surface area contributed by atoms with Gasteiger partial charge in [-0.25, -0.2) is 0 Å². The lowest BCUT2D eigenvalue weighted by molar-refractivity contribution is -0.141. The van der Waals surface area contributed by atoms with E-state index in [-0.39, 0.29) is 4.16 Å². The van der Waals surface area contributed by atoms with Gasteiger partial charge in [0.15, 0.2) is 0 Å². The third-order valence-electron chi connectivity index (χ3n) is 1.33. The van der Waals surface area contributed by atoms with E-state index in [4.69, 9.17) is 0 Å². The first-order chi connectivity index (χ1) is 6.39. The summed E-state index contributed by atoms with van der Waals surface area (Å²) in [5, 5.41) is 0. The Kier molecular flexibility index (Phi) is 3.83. The highest BCUT2D eigenvalue weighted by atomic mass is 79.9. The maximum absolute atomic E-state index is 12.1. The summed E-state index contributed by atoms with van der Waals surface area (Å²) in [6.45, 7) is 1.89. The van der Waals surface area contributed by atoms with Crippen molar-refractivity contribution in [3.63, 3.8) is 0 Å². The van der Waals surface area contributed by atoms with Gasteiger partial charge in [0.25, 0.3) is 0 Å². The molecule has 0 aliphatic heterocycles. The number of hydrogen-bond donors (Lipinski definition) is 0. The molecular weight excluding hydrogens is 279 g/mol. The number of thioether (sulfide) groups is 1. The number of hydrogen-bond acceptors (Lipinski definition) is 2. The Labute approximate surface area is 92.2 Å². The second-order valence-corrected chi connectivity index (χ2v) is 5.93. The molecule has 1 aromatic rings. The molecular formula is C8H7BrF3NS. The molecule has 1 heterocycles. The highest BCUT2D eigenvalue weighted by molar-refractivity contribution is 9.11. The lowest BCUT2D eigenvalue weighted by Gasteiger charge is -2.06. The quantitative estimate of drug-likeness (QED) is 0.603. The predicted molar refractivity (Wildman–Crippen MR) is 53.5 cm³/mol. The summed E-state index contributed by atoms with van der Waals surface area (Å²) in [5.41, 5.74) is -0.857. The van der Waals surface area contributed by atoms with Crippen LogP contribution in [0, 0.1) is 0 Å². The molecule has 1 unspecified atom stereocenters. The summed E-state index contributed by atoms with van der Waals surface area (Å²) < 4.78 is 36.5. The molecule has 0 radical (unpaired) electrons. The SMILES string of the molecule is CC(Br)Sc1ccc(C(F)(F)F)nc1. The first kappa shape index (κ1) is 11.8. The zero-order chi connectivity index (χ0) is 10.8. The number of rotatable bonds is 2. The van der Waals surface area contributed by atoms with E-state index in [0.717, 1.165) is 6.07 Å². The number of pyridine rings is 1. The molecule has 1 nitrogen and oxygen atoms in total. The molecule has 0 amide bonds. The van der Waals surface area contributed by atoms with E-state index < -0.39 is 11.9 Å². The Morgan fingerprint density at radius 2 is 2.07 bits per heavy atom. The van der Waals surface area contributed by atoms with E-state index in [0.29, 0.717) is 4.90 Å². The Balaban J connectivity index is 2.79. The average molecular weight is 286 g/mol. The topological polar surface area (TPSA) is 12.9 Å². The molecule has 78 valence electrons. The van der Waals surface area contributed by atoms with Crippen LogP contribution < -0.4 is 0 Å². The smallest absolute Gasteiger partial charge is 0.251 e. The molecule has 0 spiro atoms. The van der Waals surface area contributed by atoms with Crippen molar-refractivity contribution in [3.8, 4) is 0 Å². The lowest BCUT2D eigenvalue weighted by Crippen LogP contribution is -2.07. The highest BCUT2D eigenvalue weighted by Gasteiger charge is 2.31. The summed E-state index contributed by atoms with van der Waals surface area (Å²) in [6, 6.07) is 2.40. The van der Waals surface area contributed by atoms with Gasteiger partial charge in [-0.1, -0.05) is 15.9 Å². The summed E-state index contributed by atoms with van der Waals surface area (Å²) in [4.78, 5) is 4.05. The fourth-order valence-electron chi connectivity index (χ4n) is 0.805. The lowest BCUT2D eigenvalue weighted by atomic mass is 10.3. The fourth-order valence-corrected chi connectivity index (χ4v) is 2.09. The van der Waals surface area contributed by atoms with Crippen LogP contribution in [0.15, 0.2) is 23.2 Å². The van der Waals surface area contributed by atoms with Crippen LogP contribution in [0.5, 0.6) is 0 Å². The van der Waals surface area contributed by atoms with E-state index in [1.165, 1.54) is 24.0 Å². The molecule has 0 fully saturated rings. The zero-order valence-electron chi connectivity index (χ0n) is 7.18. The molecule has 0 aliphatic rings. The van der Waals surface area contributed by atoms with Gasteiger partial charge in [0.1, 0.15) is 5.69 Å². The Morgan fingerprint density at radius 1 is 1.43 bits per heavy atom. The van der Waals surface area contributed by atoms with Gasteiger partial charge in [-0.2, -0.15) is 13.2 Å². The Hall–Kier alpha value is -0.230. The van der Waals surface area contributed by atoms with Crippen LogP contribution >= 0.6 is 27.7 Å². The minimum Gasteiger partial charge on any atom is -0.251 e. The van der Waals surface area contributed by atoms with Gasteiger partial charge >= 0.3 is 6.18 Å². The molecule has 0 aromatic carbocycles. The first-order valence-corrected chi connectivity index (χ1v) is 5.53. The van der Waals surface area contributed by atoms with Crippen molar-refractivity contribution in [2.75, 3.05) is 0 Å². The van der Waals surface area contributed by atoms with E-state index >= 15 is 0 Å². The minimum atomic E-state index is -4.36. The van der Waals surface area contributed by atoms with Crippen molar-refractivity contribution in [1.29, 1.82) is 0 Å². The van der Waals surface area contributed by atoms with Gasteiger partial charge < -0.3 is 0 Å². The third kappa shape index (κ3) is 3.49. The van der Waals surface area contributed by atoms with E-state index in [1.807, 2.05) is 6.92 Å². The van der Waals surface area contributed by atoms with Crippen LogP contribution in [0.1, 0.15) is 12.6 Å². The molecule has 1 atom stereocenters. The maximum atomic E-state index is 12.1. The first-order valence-electron chi connectivity index (χ1n) is 3.73. The van der Waals surface area contributed by atoms with Gasteiger partial charge in [-0.3, -0.25) is 4.98 Å². The number of halogens is 4. The number of aromatic nitrogens is 1. The van der Waals surface area contributed by atoms with E-state index in [9.17, 15) is 13.2 Å². The molecule has 0 saturated heterocycles. The molecule has 0 bridgehead atoms. The standard InChI is InChI=1S/C8H7BrF3NS/c1-5(9)14-6-2-3-7(13-4-6)8(10,11)12/h2-5H,1H3. The predicted octanol–water partition coefficient (Wildman–Crippen LogP) is 3.93. The van der Waals surface area contributed by atoms with Crippen molar-refractivity contribution < 1.29 is 13.2 Å². The van der Waals surface area contributed by atoms with Crippen LogP contribution in [-0.2, 0) is 6.18 Å². The van der Waals surface area contributed by atoms with Crippen molar-refractivity contribution in [1.82, 2.24) is 4.98 Å². The maximum Gasteiger partial charge on any atom is 0.433 e. The summed E-state index contributed by atoms with van der Waals surface area (Å²) >= 11 is 4.69. The highest BCUT2D eigenvalue weighted by Crippen LogP contribution is 2.30. The fraction of sp³-hybridized carbons (Fsp3) is 0.375. The second-order valence-electron chi connectivity index (χ2n) is 2.54. The van der Waals surface area contributed by atoms with Crippen LogP contribution in [0.2, 0.25) is 0 Å². The van der Waals surface area contributed by atoms with Gasteiger partial charge in [-0.05, 0) is 19.1 Å². The van der Waals surface area contributed by atoms with Crippen molar-refractivity contribution in [3.05, 3.63) is 24.0 Å². The van der Waals surface area contributed by atoms with Crippen LogP contribution in [0.25, 0.3) is 0 Å². The monoisotopic (exact) mass is 285 g/mol. The third-order valence-corrected chi connectivity index (χ3v) is 2.72. The van der Waals surface area contributed by atoms with Crippen LogP contribution in [0.4, 0.5) is 13.2 Å². The van der Waals surface area contributed by atoms with Crippen LogP contribution in [-0.4, -0.2) is 9.14 Å². The number of alkyl halides is 4. The Morgan fingerprint density at radius 3 is 2.43 bits per heavy atom. The molecule has 0 saturated carbocycles. The van der Waals surface area contributed by atoms with E-state index in [2.05, 4.69) is 20.9 Å². The summed E-state index contributed by atoms with van der Waals surface area (Å²) in [6.07, 6.45) is -3.13. The number of nitrogens with zero attached hydrogens (tertiary/aromatic N) is 1. The molecule has 1 aromatic heterocycles. The second kappa shape index (κ2) is 4.53. The van der Waals surface area contributed by atoms with E-state index in [1.54, 1.807) is 0 Å². The summed E-state index contributed by atoms with van der Waals surface area (Å²) in [7, 11) is 0. The van der Waals surface area contributed by atoms with Crippen molar-refractivity contribution >= 4 is 27.7 Å². The molecule has 0 N–H and O–H groups in total. The molecule has 1 rings (SSSR count). The average Bonchev–Trinajstić information content (AvgIpc) is 2.02. The van der Waals surface area contributed by atoms with Crippen molar-refractivity contribution in [2.24, 2.45) is 0 Å². The normalized spacial score (nSPS) is 14.1. The van der Waals surface area contributed by atoms with Gasteiger partial charge in [0.2, 0.25) is 0 Å². The largest absolute Gasteiger partial charge is 0.433 e.